The second-order valence-corrected chi connectivity index (χ2v) is 7.54. The van der Waals surface area contributed by atoms with E-state index in [1.54, 1.807) is 12.1 Å². The van der Waals surface area contributed by atoms with Crippen LogP contribution in [0, 0.1) is 6.92 Å². The topological polar surface area (TPSA) is 60.0 Å². The summed E-state index contributed by atoms with van der Waals surface area (Å²) in [5.74, 6) is 2.01. The van der Waals surface area contributed by atoms with Crippen LogP contribution in [-0.2, 0) is 9.53 Å². The zero-order valence-corrected chi connectivity index (χ0v) is 17.4. The van der Waals surface area contributed by atoms with Gasteiger partial charge < -0.3 is 19.5 Å². The number of ether oxygens (including phenoxy) is 3. The number of aryl methyl sites for hydroxylation is 1. The number of carbonyl (C=O) groups is 1. The molecule has 3 rings (SSSR count). The van der Waals surface area contributed by atoms with Gasteiger partial charge in [0.05, 0.1) is 12.2 Å². The molecule has 1 fully saturated rings. The summed E-state index contributed by atoms with van der Waals surface area (Å²) in [6.45, 7) is 9.39. The minimum absolute atomic E-state index is 0.00587. The van der Waals surface area contributed by atoms with Gasteiger partial charge in [-0.3, -0.25) is 9.69 Å². The van der Waals surface area contributed by atoms with Gasteiger partial charge in [-0.15, -0.1) is 0 Å². The molecule has 6 nitrogen and oxygen atoms in total. The fourth-order valence-electron chi connectivity index (χ4n) is 3.37. The third-order valence-electron chi connectivity index (χ3n) is 4.70. The second kappa shape index (κ2) is 10.3. The maximum absolute atomic E-state index is 12.0. The van der Waals surface area contributed by atoms with E-state index in [0.29, 0.717) is 12.3 Å². The Morgan fingerprint density at radius 1 is 1.00 bits per heavy atom. The number of hydrogen-bond donors (Lipinski definition) is 1. The Hall–Kier alpha value is -2.57. The van der Waals surface area contributed by atoms with Crippen LogP contribution in [0.25, 0.3) is 0 Å². The van der Waals surface area contributed by atoms with Crippen molar-refractivity contribution in [3.63, 3.8) is 0 Å². The van der Waals surface area contributed by atoms with Gasteiger partial charge in [-0.1, -0.05) is 17.7 Å². The first kappa shape index (κ1) is 21.1. The Bertz CT molecular complexity index is 766. The molecule has 2 aromatic rings. The molecule has 29 heavy (non-hydrogen) atoms. The van der Waals surface area contributed by atoms with Crippen LogP contribution in [-0.4, -0.2) is 55.8 Å². The standard InChI is InChI=1S/C23H30N2O4/c1-17-4-6-21(7-5-17)29-22-10-8-20(9-11-22)27-16-23(26)24-12-13-25-14-18(2)28-19(3)15-25/h4-11,18-19H,12-16H2,1-3H3,(H,24,26). The molecule has 1 amide bonds. The molecule has 6 heteroatoms. The van der Waals surface area contributed by atoms with Gasteiger partial charge in [0.2, 0.25) is 0 Å². The van der Waals surface area contributed by atoms with E-state index in [2.05, 4.69) is 24.1 Å². The molecule has 2 aromatic carbocycles. The lowest BCUT2D eigenvalue weighted by Crippen LogP contribution is -2.48. The highest BCUT2D eigenvalue weighted by Gasteiger charge is 2.21. The highest BCUT2D eigenvalue weighted by atomic mass is 16.5. The van der Waals surface area contributed by atoms with Crippen molar-refractivity contribution >= 4 is 5.91 Å². The molecule has 1 aliphatic rings. The van der Waals surface area contributed by atoms with E-state index in [0.717, 1.165) is 31.1 Å². The lowest BCUT2D eigenvalue weighted by Gasteiger charge is -2.35. The molecule has 1 saturated heterocycles. The van der Waals surface area contributed by atoms with Gasteiger partial charge >= 0.3 is 0 Å². The molecule has 0 saturated carbocycles. The van der Waals surface area contributed by atoms with Gasteiger partial charge in [0, 0.05) is 26.2 Å². The maximum Gasteiger partial charge on any atom is 0.257 e. The summed E-state index contributed by atoms with van der Waals surface area (Å²) in [6.07, 6.45) is 0.464. The Morgan fingerprint density at radius 2 is 1.55 bits per heavy atom. The number of amides is 1. The van der Waals surface area contributed by atoms with Gasteiger partial charge in [0.1, 0.15) is 17.2 Å². The summed E-state index contributed by atoms with van der Waals surface area (Å²) < 4.78 is 17.1. The maximum atomic E-state index is 12.0. The lowest BCUT2D eigenvalue weighted by atomic mass is 10.2. The molecule has 0 aromatic heterocycles. The fraction of sp³-hybridized carbons (Fsp3) is 0.435. The van der Waals surface area contributed by atoms with Crippen LogP contribution >= 0.6 is 0 Å². The molecule has 2 atom stereocenters. The molecule has 1 heterocycles. The molecule has 0 aliphatic carbocycles. The van der Waals surface area contributed by atoms with E-state index in [9.17, 15) is 4.79 Å². The number of hydrogen-bond acceptors (Lipinski definition) is 5. The molecular weight excluding hydrogens is 368 g/mol. The summed E-state index contributed by atoms with van der Waals surface area (Å²) in [4.78, 5) is 14.3. The Balaban J connectivity index is 1.36. The minimum Gasteiger partial charge on any atom is -0.484 e. The number of carbonyl (C=O) groups excluding carboxylic acids is 1. The van der Waals surface area contributed by atoms with E-state index in [-0.39, 0.29) is 24.7 Å². The van der Waals surface area contributed by atoms with E-state index >= 15 is 0 Å². The van der Waals surface area contributed by atoms with Crippen molar-refractivity contribution in [1.82, 2.24) is 10.2 Å². The summed E-state index contributed by atoms with van der Waals surface area (Å²) in [7, 11) is 0. The third kappa shape index (κ3) is 7.07. The van der Waals surface area contributed by atoms with Crippen LogP contribution in [0.15, 0.2) is 48.5 Å². The normalized spacial score (nSPS) is 19.6. The van der Waals surface area contributed by atoms with Crippen LogP contribution in [0.3, 0.4) is 0 Å². The molecule has 1 aliphatic heterocycles. The van der Waals surface area contributed by atoms with Crippen LogP contribution in [0.5, 0.6) is 17.2 Å². The van der Waals surface area contributed by atoms with Gasteiger partial charge in [-0.2, -0.15) is 0 Å². The Morgan fingerprint density at radius 3 is 2.17 bits per heavy atom. The van der Waals surface area contributed by atoms with E-state index in [1.165, 1.54) is 5.56 Å². The molecular formula is C23H30N2O4. The van der Waals surface area contributed by atoms with Crippen LogP contribution in [0.4, 0.5) is 0 Å². The number of rotatable bonds is 8. The van der Waals surface area contributed by atoms with Gasteiger partial charge in [-0.05, 0) is 57.2 Å². The van der Waals surface area contributed by atoms with Crippen molar-refractivity contribution in [3.8, 4) is 17.2 Å². The number of nitrogens with one attached hydrogen (secondary N) is 1. The minimum atomic E-state index is -0.126. The number of benzene rings is 2. The number of nitrogens with zero attached hydrogens (tertiary/aromatic N) is 1. The van der Waals surface area contributed by atoms with E-state index in [4.69, 9.17) is 14.2 Å². The first-order valence-corrected chi connectivity index (χ1v) is 10.1. The zero-order chi connectivity index (χ0) is 20.6. The quantitative estimate of drug-likeness (QED) is 0.739. The summed E-state index contributed by atoms with van der Waals surface area (Å²) in [6, 6.07) is 15.1. The average Bonchev–Trinajstić information content (AvgIpc) is 2.68. The molecule has 2 unspecified atom stereocenters. The first-order chi connectivity index (χ1) is 14.0. The van der Waals surface area contributed by atoms with Crippen molar-refractivity contribution in [2.24, 2.45) is 0 Å². The second-order valence-electron chi connectivity index (χ2n) is 7.54. The van der Waals surface area contributed by atoms with Crippen molar-refractivity contribution in [3.05, 3.63) is 54.1 Å². The smallest absolute Gasteiger partial charge is 0.257 e. The highest BCUT2D eigenvalue weighted by molar-refractivity contribution is 5.77. The van der Waals surface area contributed by atoms with Crippen LogP contribution in [0.1, 0.15) is 19.4 Å². The average molecular weight is 399 g/mol. The van der Waals surface area contributed by atoms with Crippen molar-refractivity contribution in [2.45, 2.75) is 33.0 Å². The highest BCUT2D eigenvalue weighted by Crippen LogP contribution is 2.24. The van der Waals surface area contributed by atoms with E-state index < -0.39 is 0 Å². The van der Waals surface area contributed by atoms with Crippen molar-refractivity contribution < 1.29 is 19.0 Å². The summed E-state index contributed by atoms with van der Waals surface area (Å²) in [5.41, 5.74) is 1.19. The molecule has 0 bridgehead atoms. The van der Waals surface area contributed by atoms with Gasteiger partial charge in [0.25, 0.3) is 5.91 Å². The summed E-state index contributed by atoms with van der Waals surface area (Å²) in [5, 5.41) is 2.91. The SMILES string of the molecule is Cc1ccc(Oc2ccc(OCC(=O)NCCN3CC(C)OC(C)C3)cc2)cc1. The molecule has 156 valence electrons. The molecule has 0 spiro atoms. The predicted molar refractivity (Wildman–Crippen MR) is 113 cm³/mol. The predicted octanol–water partition coefficient (Wildman–Crippen LogP) is 3.39. The lowest BCUT2D eigenvalue weighted by molar-refractivity contribution is -0.123. The fourth-order valence-corrected chi connectivity index (χ4v) is 3.37. The number of morpholine rings is 1. The Kier molecular flexibility index (Phi) is 7.49. The van der Waals surface area contributed by atoms with Gasteiger partial charge in [0.15, 0.2) is 6.61 Å². The monoisotopic (exact) mass is 398 g/mol. The third-order valence-corrected chi connectivity index (χ3v) is 4.70. The zero-order valence-electron chi connectivity index (χ0n) is 17.4. The molecule has 1 N–H and O–H groups in total. The molecule has 0 radical (unpaired) electrons. The van der Waals surface area contributed by atoms with E-state index in [1.807, 2.05) is 43.3 Å². The van der Waals surface area contributed by atoms with Crippen molar-refractivity contribution in [1.29, 1.82) is 0 Å². The van der Waals surface area contributed by atoms with Crippen LogP contribution in [0.2, 0.25) is 0 Å². The van der Waals surface area contributed by atoms with Gasteiger partial charge in [-0.25, -0.2) is 0 Å². The van der Waals surface area contributed by atoms with Crippen LogP contribution < -0.4 is 14.8 Å². The Labute approximate surface area is 172 Å². The largest absolute Gasteiger partial charge is 0.484 e. The summed E-state index contributed by atoms with van der Waals surface area (Å²) >= 11 is 0. The first-order valence-electron chi connectivity index (χ1n) is 10.1. The van der Waals surface area contributed by atoms with Crippen molar-refractivity contribution in [2.75, 3.05) is 32.8 Å².